The van der Waals surface area contributed by atoms with Gasteiger partial charge in [-0.1, -0.05) is 42.7 Å². The zero-order valence-electron chi connectivity index (χ0n) is 44.8. The second-order valence-corrected chi connectivity index (χ2v) is 20.9. The molecular formula is C55H68ClN9O12S. The number of aromatic nitrogens is 5. The molecule has 21 nitrogen and oxygen atoms in total. The summed E-state index contributed by atoms with van der Waals surface area (Å²) in [4.78, 5) is 70.1. The molecule has 1 unspecified atom stereocenters. The summed E-state index contributed by atoms with van der Waals surface area (Å²) in [6.45, 7) is 13.4. The molecule has 0 radical (unpaired) electrons. The molecule has 2 aromatic carbocycles. The highest BCUT2D eigenvalue weighted by atomic mass is 35.5. The number of β-amino-alcohol motifs (C(OH)–C–C–N with tert-alkyl or cyclic N) is 1. The van der Waals surface area contributed by atoms with Crippen molar-refractivity contribution in [1.29, 1.82) is 0 Å². The third-order valence-electron chi connectivity index (χ3n) is 13.4. The first-order chi connectivity index (χ1) is 37.6. The van der Waals surface area contributed by atoms with Gasteiger partial charge in [-0.05, 0) is 75.4 Å². The van der Waals surface area contributed by atoms with Crippen molar-refractivity contribution in [2.24, 2.45) is 13.0 Å². The number of piperidine rings is 1. The number of nitrogens with zero attached hydrogens (tertiary/aromatic N) is 7. The molecule has 0 aliphatic carbocycles. The summed E-state index contributed by atoms with van der Waals surface area (Å²) < 4.78 is 42.1. The zero-order valence-corrected chi connectivity index (χ0v) is 46.4. The average Bonchev–Trinajstić information content (AvgIpc) is 4.19. The van der Waals surface area contributed by atoms with E-state index in [0.717, 1.165) is 39.9 Å². The molecule has 3 atom stereocenters. The summed E-state index contributed by atoms with van der Waals surface area (Å²) in [6.07, 6.45) is 2.52. The second-order valence-electron chi connectivity index (χ2n) is 19.7. The van der Waals surface area contributed by atoms with Crippen LogP contribution in [0.3, 0.4) is 0 Å². The van der Waals surface area contributed by atoms with Crippen LogP contribution in [0.15, 0.2) is 69.6 Å². The number of aryl methyl sites for hydroxylation is 3. The molecular weight excluding hydrogens is 1050 g/mol. The number of rotatable bonds is 27. The third kappa shape index (κ3) is 15.0. The van der Waals surface area contributed by atoms with Crippen molar-refractivity contribution in [3.8, 4) is 21.9 Å². The van der Waals surface area contributed by atoms with E-state index in [4.69, 9.17) is 49.5 Å². The summed E-state index contributed by atoms with van der Waals surface area (Å²) in [5.74, 6) is 0.475. The number of benzene rings is 2. The van der Waals surface area contributed by atoms with Crippen LogP contribution in [-0.4, -0.2) is 150 Å². The topological polar surface area (TPSA) is 244 Å². The lowest BCUT2D eigenvalue weighted by atomic mass is 9.91. The Balaban J connectivity index is 0.710. The molecule has 2 amide bonds. The average molecular weight is 1110 g/mol. The van der Waals surface area contributed by atoms with E-state index in [1.165, 1.54) is 27.7 Å². The van der Waals surface area contributed by atoms with Gasteiger partial charge in [0.2, 0.25) is 17.8 Å². The first-order valence-corrected chi connectivity index (χ1v) is 27.4. The van der Waals surface area contributed by atoms with Gasteiger partial charge >= 0.3 is 0 Å². The van der Waals surface area contributed by atoms with Crippen molar-refractivity contribution >= 4 is 68.9 Å². The fourth-order valence-corrected chi connectivity index (χ4v) is 10.3. The molecule has 0 bridgehead atoms. The SMILES string of the molecule is CC(=O)COc1cc2cc(Nc3nc(N4CCC(OCCOCCOCCOCCOc5cc(-c6scnc6C)ccc5CNC(=O)[C@@H]5C[C@@H](O)CN5C(=O)C(c5cc(C)no5)C(C)C)CC4)ncc3Cl)ccc2n(C)c1=O. The molecule has 23 heteroatoms. The molecule has 8 rings (SSSR count). The highest BCUT2D eigenvalue weighted by Crippen LogP contribution is 2.34. The molecule has 2 saturated heterocycles. The van der Waals surface area contributed by atoms with Gasteiger partial charge < -0.3 is 63.1 Å². The van der Waals surface area contributed by atoms with Crippen molar-refractivity contribution in [3.63, 3.8) is 0 Å². The Morgan fingerprint density at radius 3 is 2.32 bits per heavy atom. The molecule has 6 aromatic rings. The predicted molar refractivity (Wildman–Crippen MR) is 294 cm³/mol. The Labute approximate surface area is 461 Å². The number of fused-ring (bicyclic) bond motifs is 1. The van der Waals surface area contributed by atoms with Gasteiger partial charge in [-0.2, -0.15) is 4.98 Å². The monoisotopic (exact) mass is 1110 g/mol. The van der Waals surface area contributed by atoms with Crippen LogP contribution in [0.1, 0.15) is 68.7 Å². The Bertz CT molecular complexity index is 3070. The van der Waals surface area contributed by atoms with Gasteiger partial charge in [-0.15, -0.1) is 11.3 Å². The number of aliphatic hydroxyl groups excluding tert-OH is 1. The summed E-state index contributed by atoms with van der Waals surface area (Å²) in [6, 6.07) is 13.8. The number of carbonyl (C=O) groups excluding carboxylic acids is 3. The van der Waals surface area contributed by atoms with Crippen molar-refractivity contribution in [3.05, 3.63) is 98.3 Å². The van der Waals surface area contributed by atoms with E-state index in [-0.39, 0.29) is 73.7 Å². The quantitative estimate of drug-likeness (QED) is 0.0463. The Morgan fingerprint density at radius 2 is 1.64 bits per heavy atom. The molecule has 2 aliphatic rings. The van der Waals surface area contributed by atoms with E-state index in [0.29, 0.717) is 105 Å². The lowest BCUT2D eigenvalue weighted by Crippen LogP contribution is -2.48. The number of carbonyl (C=O) groups is 3. The summed E-state index contributed by atoms with van der Waals surface area (Å²) >= 11 is 8.06. The number of aliphatic hydroxyl groups is 1. The van der Waals surface area contributed by atoms with E-state index in [9.17, 15) is 24.3 Å². The Hall–Kier alpha value is -6.53. The van der Waals surface area contributed by atoms with Crippen molar-refractivity contribution in [2.45, 2.75) is 84.6 Å². The first-order valence-electron chi connectivity index (χ1n) is 26.1. The van der Waals surface area contributed by atoms with Crippen LogP contribution in [0.5, 0.6) is 11.5 Å². The van der Waals surface area contributed by atoms with Gasteiger partial charge in [-0.25, -0.2) is 9.97 Å². The normalized spacial score (nSPS) is 16.3. The number of thiazole rings is 1. The van der Waals surface area contributed by atoms with Crippen LogP contribution in [0, 0.1) is 19.8 Å². The number of pyridine rings is 1. The van der Waals surface area contributed by atoms with Gasteiger partial charge in [0, 0.05) is 62.4 Å². The van der Waals surface area contributed by atoms with E-state index in [1.807, 2.05) is 57.2 Å². The molecule has 418 valence electrons. The number of hydrogen-bond acceptors (Lipinski definition) is 19. The molecule has 6 heterocycles. The van der Waals surface area contributed by atoms with Gasteiger partial charge in [0.25, 0.3) is 5.56 Å². The largest absolute Gasteiger partial charge is 0.491 e. The van der Waals surface area contributed by atoms with Crippen molar-refractivity contribution in [2.75, 3.05) is 89.3 Å². The van der Waals surface area contributed by atoms with Crippen LogP contribution in [0.4, 0.5) is 17.5 Å². The number of ketones is 1. The second kappa shape index (κ2) is 27.4. The number of amides is 2. The lowest BCUT2D eigenvalue weighted by Gasteiger charge is -2.32. The lowest BCUT2D eigenvalue weighted by molar-refractivity contribution is -0.141. The van der Waals surface area contributed by atoms with Crippen molar-refractivity contribution < 1.29 is 52.4 Å². The van der Waals surface area contributed by atoms with Crippen molar-refractivity contribution in [1.82, 2.24) is 34.9 Å². The summed E-state index contributed by atoms with van der Waals surface area (Å²) in [5.41, 5.74) is 6.09. The fraction of sp³-hybridized carbons (Fsp3) is 0.491. The number of nitrogens with one attached hydrogen (secondary N) is 2. The zero-order chi connectivity index (χ0) is 55.3. The summed E-state index contributed by atoms with van der Waals surface area (Å²) in [5, 5.41) is 22.0. The maximum atomic E-state index is 13.9. The molecule has 2 fully saturated rings. The third-order valence-corrected chi connectivity index (χ3v) is 14.7. The number of ether oxygens (including phenoxy) is 6. The van der Waals surface area contributed by atoms with Crippen LogP contribution < -0.4 is 30.6 Å². The van der Waals surface area contributed by atoms with Gasteiger partial charge in [0.15, 0.2) is 17.4 Å². The van der Waals surface area contributed by atoms with E-state index >= 15 is 0 Å². The van der Waals surface area contributed by atoms with Gasteiger partial charge in [0.1, 0.15) is 41.7 Å². The smallest absolute Gasteiger partial charge is 0.293 e. The minimum absolute atomic E-state index is 0.0445. The number of anilines is 3. The van der Waals surface area contributed by atoms with Crippen LogP contribution in [0.25, 0.3) is 21.3 Å². The minimum atomic E-state index is -0.857. The van der Waals surface area contributed by atoms with Gasteiger partial charge in [-0.3, -0.25) is 19.2 Å². The number of likely N-dealkylation sites (tertiary alicyclic amines) is 1. The molecule has 78 heavy (non-hydrogen) atoms. The summed E-state index contributed by atoms with van der Waals surface area (Å²) in [7, 11) is 1.65. The maximum Gasteiger partial charge on any atom is 0.293 e. The first kappa shape index (κ1) is 57.6. The number of halogens is 1. The molecule has 3 N–H and O–H groups in total. The molecule has 4 aromatic heterocycles. The number of hydrogen-bond donors (Lipinski definition) is 3. The van der Waals surface area contributed by atoms with E-state index in [1.54, 1.807) is 37.8 Å². The number of Topliss-reactive ketones (excluding diaryl/α,β-unsaturated/α-hetero) is 1. The predicted octanol–water partition coefficient (Wildman–Crippen LogP) is 6.55. The molecule has 2 aliphatic heterocycles. The standard InChI is InChI=1S/C55H68ClN9O12S/c1-33(2)49(47-23-34(3)62-77-47)54(70)65-30-41(67)27-45(65)52(68)57-28-38-8-7-37(50-36(5)59-32-78-50)25-46(38)75-22-20-73-18-16-71-15-17-72-19-21-74-42-11-13-64(14-12-42)55-58-29-43(56)51(61-55)60-40-9-10-44-39(24-40)26-48(53(69)63(44)6)76-31-35(4)66/h7-10,23-26,29,32-33,41-42,45,49,67H,11-22,27-28,30-31H2,1-6H3,(H,57,68)(H,58,60,61)/t41-,45+,49?/m1/s1. The van der Waals surface area contributed by atoms with Crippen LogP contribution in [0.2, 0.25) is 5.02 Å². The molecule has 0 saturated carbocycles. The van der Waals surface area contributed by atoms with E-state index in [2.05, 4.69) is 30.7 Å². The van der Waals surface area contributed by atoms with Crippen LogP contribution >= 0.6 is 22.9 Å². The van der Waals surface area contributed by atoms with Gasteiger partial charge in [0.05, 0.1) is 91.9 Å². The Kier molecular flexibility index (Phi) is 20.2. The minimum Gasteiger partial charge on any atom is -0.491 e. The Morgan fingerprint density at radius 1 is 0.910 bits per heavy atom. The molecule has 0 spiro atoms. The maximum absolute atomic E-state index is 13.9. The van der Waals surface area contributed by atoms with Crippen LogP contribution in [-0.2, 0) is 46.9 Å². The van der Waals surface area contributed by atoms with E-state index < -0.39 is 18.1 Å². The fourth-order valence-electron chi connectivity index (χ4n) is 9.40. The highest BCUT2D eigenvalue weighted by Gasteiger charge is 2.43. The highest BCUT2D eigenvalue weighted by molar-refractivity contribution is 7.13.